The summed E-state index contributed by atoms with van der Waals surface area (Å²) in [5.41, 5.74) is 1.12. The Bertz CT molecular complexity index is 306. The van der Waals surface area contributed by atoms with E-state index in [0.29, 0.717) is 5.38 Å². The minimum Gasteiger partial charge on any atom is -0.312 e. The van der Waals surface area contributed by atoms with E-state index in [1.54, 1.807) is 0 Å². The van der Waals surface area contributed by atoms with Crippen LogP contribution in [-0.4, -0.2) is 11.9 Å². The summed E-state index contributed by atoms with van der Waals surface area (Å²) in [7, 11) is 0. The molecule has 0 radical (unpaired) electrons. The van der Waals surface area contributed by atoms with Crippen molar-refractivity contribution in [2.45, 2.75) is 24.8 Å². The van der Waals surface area contributed by atoms with Gasteiger partial charge in [0.1, 0.15) is 5.82 Å². The Morgan fingerprint density at radius 1 is 1.27 bits per heavy atom. The summed E-state index contributed by atoms with van der Waals surface area (Å²) in [6.45, 7) is 1.82. The van der Waals surface area contributed by atoms with Gasteiger partial charge in [0.25, 0.3) is 0 Å². The maximum absolute atomic E-state index is 12.6. The first-order chi connectivity index (χ1) is 7.24. The average Bonchev–Trinajstić information content (AvgIpc) is 2.18. The van der Waals surface area contributed by atoms with Gasteiger partial charge in [0.15, 0.2) is 0 Å². The smallest absolute Gasteiger partial charge is 0.123 e. The molecule has 0 bridgehead atoms. The third-order valence-electron chi connectivity index (χ3n) is 2.85. The van der Waals surface area contributed by atoms with Crippen molar-refractivity contribution in [2.24, 2.45) is 5.92 Å². The summed E-state index contributed by atoms with van der Waals surface area (Å²) in [6, 6.07) is 6.62. The molecule has 1 N–H and O–H groups in total. The minimum absolute atomic E-state index is 0.178. The van der Waals surface area contributed by atoms with Crippen LogP contribution >= 0.6 is 11.6 Å². The van der Waals surface area contributed by atoms with Crippen molar-refractivity contribution in [2.75, 3.05) is 6.54 Å². The molecule has 0 unspecified atom stereocenters. The van der Waals surface area contributed by atoms with Gasteiger partial charge < -0.3 is 5.32 Å². The van der Waals surface area contributed by atoms with E-state index in [2.05, 4.69) is 5.32 Å². The van der Waals surface area contributed by atoms with Crippen LogP contribution in [0.15, 0.2) is 24.3 Å². The zero-order chi connectivity index (χ0) is 10.7. The van der Waals surface area contributed by atoms with Gasteiger partial charge in [0.2, 0.25) is 0 Å². The van der Waals surface area contributed by atoms with E-state index in [0.717, 1.165) is 37.4 Å². The Morgan fingerprint density at radius 3 is 2.53 bits per heavy atom. The first kappa shape index (κ1) is 10.9. The molecule has 0 saturated heterocycles. The topological polar surface area (TPSA) is 12.0 Å². The molecular weight excluding hydrogens is 213 g/mol. The number of alkyl halides is 1. The van der Waals surface area contributed by atoms with E-state index in [9.17, 15) is 4.39 Å². The van der Waals surface area contributed by atoms with Crippen molar-refractivity contribution in [3.63, 3.8) is 0 Å². The summed E-state index contributed by atoms with van der Waals surface area (Å²) < 4.78 is 12.6. The molecule has 0 amide bonds. The summed E-state index contributed by atoms with van der Waals surface area (Å²) in [5, 5.41) is 3.75. The van der Waals surface area contributed by atoms with Gasteiger partial charge in [-0.3, -0.25) is 0 Å². The highest BCUT2D eigenvalue weighted by Crippen LogP contribution is 2.31. The molecule has 0 spiro atoms. The van der Waals surface area contributed by atoms with Gasteiger partial charge in [0, 0.05) is 11.9 Å². The lowest BCUT2D eigenvalue weighted by Gasteiger charge is -2.30. The van der Waals surface area contributed by atoms with Gasteiger partial charge >= 0.3 is 0 Å². The van der Waals surface area contributed by atoms with E-state index >= 15 is 0 Å². The zero-order valence-corrected chi connectivity index (χ0v) is 9.30. The molecule has 1 aromatic carbocycles. The molecule has 82 valence electrons. The lowest BCUT2D eigenvalue weighted by atomic mass is 9.85. The maximum Gasteiger partial charge on any atom is 0.123 e. The maximum atomic E-state index is 12.6. The van der Waals surface area contributed by atoms with Crippen molar-refractivity contribution in [3.8, 4) is 0 Å². The Kier molecular flexibility index (Phi) is 3.60. The molecule has 1 aliphatic carbocycles. The monoisotopic (exact) mass is 227 g/mol. The third-order valence-corrected chi connectivity index (χ3v) is 3.21. The number of benzene rings is 1. The number of hydrogen-bond acceptors (Lipinski definition) is 1. The molecule has 2 rings (SSSR count). The zero-order valence-electron chi connectivity index (χ0n) is 8.55. The molecule has 0 heterocycles. The van der Waals surface area contributed by atoms with E-state index < -0.39 is 0 Å². The van der Waals surface area contributed by atoms with Gasteiger partial charge in [-0.2, -0.15) is 0 Å². The highest BCUT2D eigenvalue weighted by Gasteiger charge is 2.26. The second kappa shape index (κ2) is 4.95. The molecule has 1 saturated carbocycles. The van der Waals surface area contributed by atoms with Crippen LogP contribution in [-0.2, 0) is 6.54 Å². The van der Waals surface area contributed by atoms with Crippen LogP contribution in [0, 0.1) is 11.7 Å². The quantitative estimate of drug-likeness (QED) is 0.780. The van der Waals surface area contributed by atoms with Crippen LogP contribution in [0.4, 0.5) is 4.39 Å². The van der Waals surface area contributed by atoms with Gasteiger partial charge in [0.05, 0.1) is 0 Å². The van der Waals surface area contributed by atoms with E-state index in [1.165, 1.54) is 12.1 Å². The van der Waals surface area contributed by atoms with E-state index in [4.69, 9.17) is 11.6 Å². The van der Waals surface area contributed by atoms with Crippen LogP contribution < -0.4 is 5.32 Å². The molecule has 15 heavy (non-hydrogen) atoms. The molecule has 0 atom stereocenters. The third kappa shape index (κ3) is 3.18. The highest BCUT2D eigenvalue weighted by atomic mass is 35.5. The Balaban J connectivity index is 1.67. The summed E-state index contributed by atoms with van der Waals surface area (Å²) in [4.78, 5) is 0. The molecular formula is C12H15ClFN. The molecule has 1 aromatic rings. The number of nitrogens with one attached hydrogen (secondary N) is 1. The van der Waals surface area contributed by atoms with Crippen LogP contribution in [0.2, 0.25) is 0 Å². The largest absolute Gasteiger partial charge is 0.312 e. The van der Waals surface area contributed by atoms with Crippen molar-refractivity contribution in [1.82, 2.24) is 5.32 Å². The van der Waals surface area contributed by atoms with Crippen molar-refractivity contribution < 1.29 is 4.39 Å². The number of rotatable bonds is 4. The van der Waals surface area contributed by atoms with Crippen molar-refractivity contribution in [3.05, 3.63) is 35.6 Å². The molecule has 1 fully saturated rings. The predicted octanol–water partition coefficient (Wildman–Crippen LogP) is 2.93. The van der Waals surface area contributed by atoms with Crippen LogP contribution in [0.25, 0.3) is 0 Å². The standard InChI is InChI=1S/C12H15ClFN/c13-11-5-10(6-11)8-15-7-9-1-3-12(14)4-2-9/h1-4,10-11,15H,5-8H2. The molecule has 0 aliphatic heterocycles. The van der Waals surface area contributed by atoms with E-state index in [1.807, 2.05) is 12.1 Å². The highest BCUT2D eigenvalue weighted by molar-refractivity contribution is 6.21. The second-order valence-electron chi connectivity index (χ2n) is 4.19. The normalized spacial score (nSPS) is 24.9. The Morgan fingerprint density at radius 2 is 1.93 bits per heavy atom. The lowest BCUT2D eigenvalue weighted by Crippen LogP contribution is -2.33. The van der Waals surface area contributed by atoms with Crippen molar-refractivity contribution >= 4 is 11.6 Å². The van der Waals surface area contributed by atoms with Crippen LogP contribution in [0.3, 0.4) is 0 Å². The molecule has 0 aromatic heterocycles. The SMILES string of the molecule is Fc1ccc(CNCC2CC(Cl)C2)cc1. The fraction of sp³-hybridized carbons (Fsp3) is 0.500. The Labute approximate surface area is 94.6 Å². The summed E-state index contributed by atoms with van der Waals surface area (Å²) >= 11 is 5.89. The van der Waals surface area contributed by atoms with Crippen molar-refractivity contribution in [1.29, 1.82) is 0 Å². The molecule has 1 aliphatic rings. The lowest BCUT2D eigenvalue weighted by molar-refractivity contribution is 0.308. The molecule has 3 heteroatoms. The summed E-state index contributed by atoms with van der Waals surface area (Å²) in [6.07, 6.45) is 2.25. The fourth-order valence-corrected chi connectivity index (χ4v) is 2.35. The van der Waals surface area contributed by atoms with Crippen LogP contribution in [0.5, 0.6) is 0 Å². The number of halogens is 2. The first-order valence-corrected chi connectivity index (χ1v) is 5.77. The first-order valence-electron chi connectivity index (χ1n) is 5.33. The van der Waals surface area contributed by atoms with Gasteiger partial charge in [-0.05, 0) is 43.0 Å². The fourth-order valence-electron chi connectivity index (χ4n) is 1.84. The Hall–Kier alpha value is -0.600. The number of hydrogen-bond donors (Lipinski definition) is 1. The predicted molar refractivity (Wildman–Crippen MR) is 60.5 cm³/mol. The van der Waals surface area contributed by atoms with Gasteiger partial charge in [-0.25, -0.2) is 4.39 Å². The minimum atomic E-state index is -0.178. The summed E-state index contributed by atoms with van der Waals surface area (Å²) in [5.74, 6) is 0.552. The second-order valence-corrected chi connectivity index (χ2v) is 4.81. The van der Waals surface area contributed by atoms with Gasteiger partial charge in [-0.15, -0.1) is 11.6 Å². The van der Waals surface area contributed by atoms with E-state index in [-0.39, 0.29) is 5.82 Å². The average molecular weight is 228 g/mol. The molecule has 1 nitrogen and oxygen atoms in total. The van der Waals surface area contributed by atoms with Gasteiger partial charge in [-0.1, -0.05) is 12.1 Å². The van der Waals surface area contributed by atoms with Crippen LogP contribution in [0.1, 0.15) is 18.4 Å².